The minimum absolute atomic E-state index is 0.000817. The van der Waals surface area contributed by atoms with Crippen LogP contribution in [-0.2, 0) is 0 Å². The molecule has 5 heteroatoms. The zero-order chi connectivity index (χ0) is 16.2. The van der Waals surface area contributed by atoms with E-state index < -0.39 is 6.10 Å². The van der Waals surface area contributed by atoms with Crippen molar-refractivity contribution in [2.45, 2.75) is 24.3 Å². The molecule has 0 saturated carbocycles. The predicted molar refractivity (Wildman–Crippen MR) is 94.8 cm³/mol. The van der Waals surface area contributed by atoms with Crippen LogP contribution in [0.15, 0.2) is 59.6 Å². The van der Waals surface area contributed by atoms with Crippen molar-refractivity contribution in [2.24, 2.45) is 10.7 Å². The third-order valence-corrected chi connectivity index (χ3v) is 4.97. The summed E-state index contributed by atoms with van der Waals surface area (Å²) in [6.45, 7) is 2.60. The molecule has 3 rings (SSSR count). The van der Waals surface area contributed by atoms with E-state index in [1.807, 2.05) is 61.5 Å². The number of ether oxygens (including phenoxy) is 1. The van der Waals surface area contributed by atoms with Gasteiger partial charge in [0, 0.05) is 0 Å². The van der Waals surface area contributed by atoms with Gasteiger partial charge < -0.3 is 15.6 Å². The molecule has 3 atom stereocenters. The molecule has 0 saturated heterocycles. The summed E-state index contributed by atoms with van der Waals surface area (Å²) in [6.07, 6.45) is -0.679. The molecule has 0 amide bonds. The molecular weight excluding hydrogens is 308 g/mol. The second-order valence-corrected chi connectivity index (χ2v) is 6.52. The summed E-state index contributed by atoms with van der Waals surface area (Å²) >= 11 is 1.50. The largest absolute Gasteiger partial charge is 0.494 e. The van der Waals surface area contributed by atoms with Crippen LogP contribution < -0.4 is 10.5 Å². The van der Waals surface area contributed by atoms with Gasteiger partial charge in [-0.3, -0.25) is 4.99 Å². The third kappa shape index (κ3) is 3.51. The lowest BCUT2D eigenvalue weighted by Gasteiger charge is -2.23. The molecule has 0 aromatic heterocycles. The van der Waals surface area contributed by atoms with Gasteiger partial charge in [0.15, 0.2) is 5.17 Å². The van der Waals surface area contributed by atoms with Crippen LogP contribution in [0.1, 0.15) is 29.4 Å². The Balaban J connectivity index is 1.83. The number of aliphatic hydroxyl groups excluding tert-OH is 1. The van der Waals surface area contributed by atoms with E-state index in [-0.39, 0.29) is 11.3 Å². The summed E-state index contributed by atoms with van der Waals surface area (Å²) in [4.78, 5) is 4.46. The standard InChI is InChI=1S/C18H20N2O2S/c1-2-22-14-10-8-13(9-11-14)17-15(20-18(19)23-17)16(21)12-6-4-3-5-7-12/h3-11,15-17,21H,2H2,1H3,(H2,19,20)/t15-,16+,17+/m1/s1. The molecule has 0 fully saturated rings. The average Bonchev–Trinajstić information content (AvgIpc) is 2.98. The fourth-order valence-electron chi connectivity index (χ4n) is 2.71. The second-order valence-electron chi connectivity index (χ2n) is 5.35. The fourth-order valence-corrected chi connectivity index (χ4v) is 3.80. The highest BCUT2D eigenvalue weighted by Crippen LogP contribution is 2.44. The number of hydrogen-bond acceptors (Lipinski definition) is 5. The van der Waals surface area contributed by atoms with Gasteiger partial charge in [-0.05, 0) is 30.2 Å². The van der Waals surface area contributed by atoms with Crippen LogP contribution in [0.25, 0.3) is 0 Å². The van der Waals surface area contributed by atoms with Gasteiger partial charge in [0.2, 0.25) is 0 Å². The van der Waals surface area contributed by atoms with Crippen LogP contribution in [0.4, 0.5) is 0 Å². The van der Waals surface area contributed by atoms with Gasteiger partial charge in [0.25, 0.3) is 0 Å². The maximum atomic E-state index is 10.7. The summed E-state index contributed by atoms with van der Waals surface area (Å²) in [5, 5.41) is 11.2. The molecule has 0 unspecified atom stereocenters. The first-order valence-electron chi connectivity index (χ1n) is 7.64. The molecule has 0 aliphatic carbocycles. The Bertz CT molecular complexity index is 673. The first-order valence-corrected chi connectivity index (χ1v) is 8.52. The number of aliphatic hydroxyl groups is 1. The van der Waals surface area contributed by atoms with E-state index in [4.69, 9.17) is 10.5 Å². The smallest absolute Gasteiger partial charge is 0.155 e. The monoisotopic (exact) mass is 328 g/mol. The third-order valence-electron chi connectivity index (χ3n) is 3.82. The van der Waals surface area contributed by atoms with E-state index in [9.17, 15) is 5.11 Å². The predicted octanol–water partition coefficient (Wildman–Crippen LogP) is 3.29. The minimum atomic E-state index is -0.679. The van der Waals surface area contributed by atoms with E-state index >= 15 is 0 Å². The van der Waals surface area contributed by atoms with Gasteiger partial charge in [0.1, 0.15) is 11.9 Å². The Morgan fingerprint density at radius 3 is 2.52 bits per heavy atom. The molecule has 1 aliphatic rings. The van der Waals surface area contributed by atoms with Crippen molar-refractivity contribution < 1.29 is 9.84 Å². The topological polar surface area (TPSA) is 67.8 Å². The van der Waals surface area contributed by atoms with Crippen LogP contribution >= 0.6 is 11.8 Å². The van der Waals surface area contributed by atoms with Crippen LogP contribution in [0.5, 0.6) is 5.75 Å². The van der Waals surface area contributed by atoms with Gasteiger partial charge in [-0.2, -0.15) is 0 Å². The minimum Gasteiger partial charge on any atom is -0.494 e. The molecule has 1 aliphatic heterocycles. The Kier molecular flexibility index (Phi) is 4.88. The van der Waals surface area contributed by atoms with Gasteiger partial charge in [-0.25, -0.2) is 0 Å². The highest BCUT2D eigenvalue weighted by molar-refractivity contribution is 8.14. The number of benzene rings is 2. The summed E-state index contributed by atoms with van der Waals surface area (Å²) in [7, 11) is 0. The van der Waals surface area contributed by atoms with E-state index in [1.54, 1.807) is 0 Å². The number of nitrogens with two attached hydrogens (primary N) is 1. The molecule has 23 heavy (non-hydrogen) atoms. The van der Waals surface area contributed by atoms with Crippen molar-refractivity contribution in [3.05, 3.63) is 65.7 Å². The molecule has 2 aromatic rings. The molecule has 0 bridgehead atoms. The first-order chi connectivity index (χ1) is 11.2. The molecule has 4 nitrogen and oxygen atoms in total. The molecule has 0 spiro atoms. The number of amidine groups is 1. The van der Waals surface area contributed by atoms with Crippen molar-refractivity contribution in [1.29, 1.82) is 0 Å². The van der Waals surface area contributed by atoms with E-state index in [0.29, 0.717) is 11.8 Å². The van der Waals surface area contributed by atoms with Crippen LogP contribution in [-0.4, -0.2) is 22.9 Å². The van der Waals surface area contributed by atoms with Gasteiger partial charge >= 0.3 is 0 Å². The van der Waals surface area contributed by atoms with E-state index in [0.717, 1.165) is 16.9 Å². The summed E-state index contributed by atoms with van der Waals surface area (Å²) in [5.74, 6) is 0.841. The summed E-state index contributed by atoms with van der Waals surface area (Å²) in [6, 6.07) is 17.2. The number of nitrogens with zero attached hydrogens (tertiary/aromatic N) is 1. The molecule has 0 radical (unpaired) electrons. The van der Waals surface area contributed by atoms with E-state index in [2.05, 4.69) is 4.99 Å². The lowest BCUT2D eigenvalue weighted by Crippen LogP contribution is -2.20. The molecule has 1 heterocycles. The Labute approximate surface area is 140 Å². The normalized spacial score (nSPS) is 21.7. The lowest BCUT2D eigenvalue weighted by atomic mass is 9.96. The number of thioether (sulfide) groups is 1. The van der Waals surface area contributed by atoms with Crippen molar-refractivity contribution in [1.82, 2.24) is 0 Å². The second kappa shape index (κ2) is 7.06. The number of hydrogen-bond donors (Lipinski definition) is 2. The lowest BCUT2D eigenvalue weighted by molar-refractivity contribution is 0.147. The fraction of sp³-hybridized carbons (Fsp3) is 0.278. The van der Waals surface area contributed by atoms with Crippen molar-refractivity contribution >= 4 is 16.9 Å². The number of rotatable bonds is 5. The van der Waals surface area contributed by atoms with Crippen molar-refractivity contribution in [3.8, 4) is 5.75 Å². The first kappa shape index (κ1) is 15.9. The molecule has 2 aromatic carbocycles. The Hall–Kier alpha value is -1.98. The van der Waals surface area contributed by atoms with Gasteiger partial charge in [-0.1, -0.05) is 54.2 Å². The maximum absolute atomic E-state index is 10.7. The van der Waals surface area contributed by atoms with Crippen molar-refractivity contribution in [3.63, 3.8) is 0 Å². The van der Waals surface area contributed by atoms with Crippen LogP contribution in [0.3, 0.4) is 0 Å². The number of aliphatic imine (C=N–C) groups is 1. The van der Waals surface area contributed by atoms with Gasteiger partial charge in [-0.15, -0.1) is 0 Å². The van der Waals surface area contributed by atoms with E-state index in [1.165, 1.54) is 11.8 Å². The zero-order valence-electron chi connectivity index (χ0n) is 12.9. The highest BCUT2D eigenvalue weighted by Gasteiger charge is 2.36. The Morgan fingerprint density at radius 1 is 1.17 bits per heavy atom. The van der Waals surface area contributed by atoms with Gasteiger partial charge in [0.05, 0.1) is 17.9 Å². The Morgan fingerprint density at radius 2 is 1.87 bits per heavy atom. The average molecular weight is 328 g/mol. The zero-order valence-corrected chi connectivity index (χ0v) is 13.7. The summed E-state index contributed by atoms with van der Waals surface area (Å²) < 4.78 is 5.48. The molecule has 3 N–H and O–H groups in total. The molecular formula is C18H20N2O2S. The highest BCUT2D eigenvalue weighted by atomic mass is 32.2. The quantitative estimate of drug-likeness (QED) is 0.884. The maximum Gasteiger partial charge on any atom is 0.155 e. The van der Waals surface area contributed by atoms with Crippen LogP contribution in [0, 0.1) is 0 Å². The SMILES string of the molecule is CCOc1ccc([C@@H]2SC(N)=N[C@@H]2[C@@H](O)c2ccccc2)cc1. The molecule has 120 valence electrons. The van der Waals surface area contributed by atoms with Crippen molar-refractivity contribution in [2.75, 3.05) is 6.61 Å². The van der Waals surface area contributed by atoms with Crippen LogP contribution in [0.2, 0.25) is 0 Å². The summed E-state index contributed by atoms with van der Waals surface area (Å²) in [5.41, 5.74) is 7.86.